The van der Waals surface area contributed by atoms with Crippen molar-refractivity contribution in [2.45, 2.75) is 51.2 Å². The van der Waals surface area contributed by atoms with Crippen molar-refractivity contribution in [3.8, 4) is 0 Å². The van der Waals surface area contributed by atoms with Crippen molar-refractivity contribution in [1.82, 2.24) is 0 Å². The molecule has 100 valence electrons. The third kappa shape index (κ3) is 2.96. The molecule has 1 saturated heterocycles. The van der Waals surface area contributed by atoms with Crippen LogP contribution in [0, 0.1) is 0 Å². The van der Waals surface area contributed by atoms with Crippen LogP contribution < -0.4 is 11.1 Å². The van der Waals surface area contributed by atoms with Crippen molar-refractivity contribution in [2.24, 2.45) is 0 Å². The molecule has 1 fully saturated rings. The summed E-state index contributed by atoms with van der Waals surface area (Å²) in [5.41, 5.74) is 7.73. The number of anilines is 2. The van der Waals surface area contributed by atoms with E-state index in [0.717, 1.165) is 43.7 Å². The van der Waals surface area contributed by atoms with Crippen molar-refractivity contribution in [3.05, 3.63) is 24.3 Å². The van der Waals surface area contributed by atoms with Crippen molar-refractivity contribution >= 4 is 11.4 Å². The first-order chi connectivity index (χ1) is 8.67. The highest BCUT2D eigenvalue weighted by atomic mass is 16.5. The molecule has 1 unspecified atom stereocenters. The summed E-state index contributed by atoms with van der Waals surface area (Å²) in [6.07, 6.45) is 4.34. The lowest BCUT2D eigenvalue weighted by Crippen LogP contribution is -2.43. The van der Waals surface area contributed by atoms with Crippen LogP contribution in [0.25, 0.3) is 0 Å². The summed E-state index contributed by atoms with van der Waals surface area (Å²) in [7, 11) is 0. The van der Waals surface area contributed by atoms with Crippen LogP contribution in [0.1, 0.15) is 39.5 Å². The Morgan fingerprint density at radius 2 is 1.94 bits per heavy atom. The summed E-state index contributed by atoms with van der Waals surface area (Å²) in [6.45, 7) is 5.29. The highest BCUT2D eigenvalue weighted by Gasteiger charge is 2.34. The Kier molecular flexibility index (Phi) is 4.12. The summed E-state index contributed by atoms with van der Waals surface area (Å²) in [4.78, 5) is 0. The zero-order valence-corrected chi connectivity index (χ0v) is 11.4. The van der Waals surface area contributed by atoms with E-state index in [-0.39, 0.29) is 5.60 Å². The van der Waals surface area contributed by atoms with Gasteiger partial charge < -0.3 is 15.8 Å². The van der Waals surface area contributed by atoms with Gasteiger partial charge in [-0.25, -0.2) is 0 Å². The van der Waals surface area contributed by atoms with Gasteiger partial charge in [-0.05, 0) is 49.9 Å². The molecule has 0 aliphatic carbocycles. The predicted molar refractivity (Wildman–Crippen MR) is 76.8 cm³/mol. The monoisotopic (exact) mass is 248 g/mol. The number of rotatable bonds is 4. The molecule has 1 atom stereocenters. The highest BCUT2D eigenvalue weighted by molar-refractivity contribution is 5.51. The number of nitrogens with two attached hydrogens (primary N) is 1. The normalized spacial score (nSPS) is 22.7. The van der Waals surface area contributed by atoms with E-state index in [0.29, 0.717) is 6.04 Å². The van der Waals surface area contributed by atoms with Crippen LogP contribution in [0.3, 0.4) is 0 Å². The lowest BCUT2D eigenvalue weighted by molar-refractivity contribution is -0.0864. The third-order valence-corrected chi connectivity index (χ3v) is 4.06. The van der Waals surface area contributed by atoms with Crippen LogP contribution in [0.15, 0.2) is 24.3 Å². The van der Waals surface area contributed by atoms with Gasteiger partial charge in [0, 0.05) is 24.0 Å². The van der Waals surface area contributed by atoms with Gasteiger partial charge in [-0.3, -0.25) is 0 Å². The van der Waals surface area contributed by atoms with E-state index in [4.69, 9.17) is 10.5 Å². The predicted octanol–water partition coefficient (Wildman–Crippen LogP) is 3.42. The fourth-order valence-corrected chi connectivity index (χ4v) is 2.71. The maximum Gasteiger partial charge on any atom is 0.0696 e. The molecule has 1 aromatic rings. The largest absolute Gasteiger partial charge is 0.399 e. The minimum absolute atomic E-state index is 0.0731. The van der Waals surface area contributed by atoms with Crippen molar-refractivity contribution in [1.29, 1.82) is 0 Å². The maximum atomic E-state index is 5.99. The Morgan fingerprint density at radius 1 is 1.28 bits per heavy atom. The molecular formula is C15H24N2O. The van der Waals surface area contributed by atoms with Crippen LogP contribution in [0.2, 0.25) is 0 Å². The zero-order chi connectivity index (χ0) is 13.0. The first-order valence-electron chi connectivity index (χ1n) is 6.93. The van der Waals surface area contributed by atoms with Crippen LogP contribution in [0.5, 0.6) is 0 Å². The first kappa shape index (κ1) is 13.2. The molecule has 2 rings (SSSR count). The second-order valence-electron chi connectivity index (χ2n) is 5.19. The Balaban J connectivity index is 1.99. The van der Waals surface area contributed by atoms with E-state index in [2.05, 4.69) is 19.2 Å². The Morgan fingerprint density at radius 3 is 2.56 bits per heavy atom. The van der Waals surface area contributed by atoms with E-state index >= 15 is 0 Å². The third-order valence-electron chi connectivity index (χ3n) is 4.06. The van der Waals surface area contributed by atoms with Gasteiger partial charge in [0.2, 0.25) is 0 Å². The number of hydrogen-bond acceptors (Lipinski definition) is 3. The van der Waals surface area contributed by atoms with Crippen molar-refractivity contribution in [3.63, 3.8) is 0 Å². The molecule has 0 amide bonds. The molecule has 0 spiro atoms. The molecule has 1 aliphatic rings. The van der Waals surface area contributed by atoms with Gasteiger partial charge in [0.05, 0.1) is 5.60 Å². The summed E-state index contributed by atoms with van der Waals surface area (Å²) >= 11 is 0. The molecule has 18 heavy (non-hydrogen) atoms. The van der Waals surface area contributed by atoms with Gasteiger partial charge in [0.1, 0.15) is 0 Å². The minimum atomic E-state index is 0.0731. The summed E-state index contributed by atoms with van der Waals surface area (Å²) < 4.78 is 5.99. The van der Waals surface area contributed by atoms with E-state index in [1.54, 1.807) is 0 Å². The summed E-state index contributed by atoms with van der Waals surface area (Å²) in [5, 5.41) is 3.60. The number of nitrogen functional groups attached to an aromatic ring is 1. The van der Waals surface area contributed by atoms with Crippen LogP contribution in [0.4, 0.5) is 11.4 Å². The summed E-state index contributed by atoms with van der Waals surface area (Å²) in [6, 6.07) is 8.47. The molecule has 1 aliphatic heterocycles. The molecule has 3 heteroatoms. The van der Waals surface area contributed by atoms with E-state index in [9.17, 15) is 0 Å². The Labute approximate surface area is 110 Å². The van der Waals surface area contributed by atoms with E-state index in [1.165, 1.54) is 0 Å². The fourth-order valence-electron chi connectivity index (χ4n) is 2.71. The van der Waals surface area contributed by atoms with Gasteiger partial charge in [-0.15, -0.1) is 0 Å². The highest BCUT2D eigenvalue weighted by Crippen LogP contribution is 2.32. The second kappa shape index (κ2) is 5.61. The quantitative estimate of drug-likeness (QED) is 0.803. The van der Waals surface area contributed by atoms with Gasteiger partial charge in [0.15, 0.2) is 0 Å². The average Bonchev–Trinajstić information content (AvgIpc) is 2.41. The van der Waals surface area contributed by atoms with Crippen LogP contribution in [-0.2, 0) is 4.74 Å². The molecule has 3 N–H and O–H groups in total. The lowest BCUT2D eigenvalue weighted by atomic mass is 9.86. The van der Waals surface area contributed by atoms with Gasteiger partial charge in [-0.2, -0.15) is 0 Å². The topological polar surface area (TPSA) is 47.3 Å². The second-order valence-corrected chi connectivity index (χ2v) is 5.19. The van der Waals surface area contributed by atoms with Crippen molar-refractivity contribution < 1.29 is 4.74 Å². The van der Waals surface area contributed by atoms with E-state index < -0.39 is 0 Å². The number of hydrogen-bond donors (Lipinski definition) is 2. The molecule has 0 radical (unpaired) electrons. The number of benzene rings is 1. The first-order valence-corrected chi connectivity index (χ1v) is 6.93. The smallest absolute Gasteiger partial charge is 0.0696 e. The van der Waals surface area contributed by atoms with E-state index in [1.807, 2.05) is 24.3 Å². The Bertz CT molecular complexity index is 371. The van der Waals surface area contributed by atoms with Gasteiger partial charge in [-0.1, -0.05) is 13.8 Å². The average molecular weight is 248 g/mol. The lowest BCUT2D eigenvalue weighted by Gasteiger charge is -2.40. The molecule has 0 saturated carbocycles. The molecule has 0 aromatic heterocycles. The Hall–Kier alpha value is -1.22. The maximum absolute atomic E-state index is 5.99. The van der Waals surface area contributed by atoms with Crippen LogP contribution in [-0.4, -0.2) is 18.2 Å². The van der Waals surface area contributed by atoms with Crippen molar-refractivity contribution in [2.75, 3.05) is 17.7 Å². The minimum Gasteiger partial charge on any atom is -0.399 e. The van der Waals surface area contributed by atoms with Gasteiger partial charge in [0.25, 0.3) is 0 Å². The molecule has 1 heterocycles. The fraction of sp³-hybridized carbons (Fsp3) is 0.600. The molecule has 1 aromatic carbocycles. The standard InChI is InChI=1S/C15H24N2O/c1-3-15(4-2)11-14(9-10-18-15)17-13-7-5-12(16)6-8-13/h5-8,14,17H,3-4,9-11,16H2,1-2H3. The molecular weight excluding hydrogens is 224 g/mol. The zero-order valence-electron chi connectivity index (χ0n) is 11.4. The number of nitrogens with one attached hydrogen (secondary N) is 1. The SMILES string of the molecule is CCC1(CC)CC(Nc2ccc(N)cc2)CCO1. The number of ether oxygens (including phenoxy) is 1. The van der Waals surface area contributed by atoms with Crippen LogP contribution >= 0.6 is 0 Å². The molecule has 0 bridgehead atoms. The summed E-state index contributed by atoms with van der Waals surface area (Å²) in [5.74, 6) is 0. The molecule has 3 nitrogen and oxygen atoms in total. The van der Waals surface area contributed by atoms with Gasteiger partial charge >= 0.3 is 0 Å².